The summed E-state index contributed by atoms with van der Waals surface area (Å²) >= 11 is 0. The van der Waals surface area contributed by atoms with Crippen molar-refractivity contribution in [2.24, 2.45) is 0 Å². The maximum absolute atomic E-state index is 2.49. The number of rotatable bonds is 7. The molecule has 0 fully saturated rings. The molecule has 0 aromatic heterocycles. The summed E-state index contributed by atoms with van der Waals surface area (Å²) in [6.45, 7) is 0. The number of fused-ring (bicyclic) bond motifs is 7. The Morgan fingerprint density at radius 1 is 0.222 bits per heavy atom. The van der Waals surface area contributed by atoms with Gasteiger partial charge in [0.2, 0.25) is 0 Å². The first-order valence-electron chi connectivity index (χ1n) is 21.8. The van der Waals surface area contributed by atoms with E-state index in [2.05, 4.69) is 254 Å². The Hall–Kier alpha value is -8.26. The summed E-state index contributed by atoms with van der Waals surface area (Å²) in [6, 6.07) is 91.2. The van der Waals surface area contributed by atoms with Crippen LogP contribution in [0.3, 0.4) is 0 Å². The molecule has 12 aromatic rings. The average Bonchev–Trinajstić information content (AvgIpc) is 3.36. The monoisotopic (exact) mass is 799 g/mol. The smallest absolute Gasteiger partial charge is 0.0546 e. The fourth-order valence-electron chi connectivity index (χ4n) is 9.90. The molecule has 1 heteroatoms. The van der Waals surface area contributed by atoms with E-state index < -0.39 is 0 Å². The highest BCUT2D eigenvalue weighted by molar-refractivity contribution is 6.22. The van der Waals surface area contributed by atoms with Crippen molar-refractivity contribution in [3.63, 3.8) is 0 Å². The van der Waals surface area contributed by atoms with Crippen LogP contribution in [-0.2, 0) is 0 Å². The summed E-state index contributed by atoms with van der Waals surface area (Å²) in [5, 5.41) is 12.3. The molecular weight excluding hydrogens is 759 g/mol. The molecule has 294 valence electrons. The van der Waals surface area contributed by atoms with E-state index in [-0.39, 0.29) is 0 Å². The van der Waals surface area contributed by atoms with Crippen molar-refractivity contribution in [3.8, 4) is 44.5 Å². The second-order valence-electron chi connectivity index (χ2n) is 16.4. The first-order valence-corrected chi connectivity index (χ1v) is 21.8. The highest BCUT2D eigenvalue weighted by Crippen LogP contribution is 2.49. The zero-order valence-corrected chi connectivity index (χ0v) is 34.6. The van der Waals surface area contributed by atoms with Crippen LogP contribution in [0.1, 0.15) is 0 Å². The van der Waals surface area contributed by atoms with Crippen LogP contribution in [0.4, 0.5) is 17.1 Å². The number of hydrogen-bond donors (Lipinski definition) is 0. The molecule has 0 spiro atoms. The van der Waals surface area contributed by atoms with Gasteiger partial charge in [-0.25, -0.2) is 0 Å². The normalized spacial score (nSPS) is 11.5. The molecule has 0 aliphatic carbocycles. The van der Waals surface area contributed by atoms with Crippen LogP contribution in [0.15, 0.2) is 249 Å². The van der Waals surface area contributed by atoms with Gasteiger partial charge in [0, 0.05) is 16.6 Å². The highest BCUT2D eigenvalue weighted by atomic mass is 15.1. The number of nitrogens with zero attached hydrogens (tertiary/aromatic N) is 1. The Morgan fingerprint density at radius 3 is 1.51 bits per heavy atom. The van der Waals surface area contributed by atoms with E-state index >= 15 is 0 Å². The first kappa shape index (κ1) is 36.6. The minimum atomic E-state index is 1.09. The number of para-hydroxylation sites is 1. The van der Waals surface area contributed by atoms with Crippen LogP contribution < -0.4 is 4.90 Å². The van der Waals surface area contributed by atoms with Gasteiger partial charge in [-0.05, 0) is 124 Å². The van der Waals surface area contributed by atoms with Gasteiger partial charge in [0.15, 0.2) is 0 Å². The molecule has 0 N–H and O–H groups in total. The van der Waals surface area contributed by atoms with Crippen molar-refractivity contribution in [1.82, 2.24) is 0 Å². The first-order chi connectivity index (χ1) is 31.3. The van der Waals surface area contributed by atoms with Crippen LogP contribution in [0.25, 0.3) is 98.4 Å². The molecule has 0 heterocycles. The number of hydrogen-bond acceptors (Lipinski definition) is 1. The largest absolute Gasteiger partial charge is 0.309 e. The predicted molar refractivity (Wildman–Crippen MR) is 270 cm³/mol. The van der Waals surface area contributed by atoms with Crippen molar-refractivity contribution in [2.45, 2.75) is 0 Å². The van der Waals surface area contributed by atoms with Gasteiger partial charge in [0.1, 0.15) is 0 Å². The van der Waals surface area contributed by atoms with Gasteiger partial charge < -0.3 is 4.90 Å². The average molecular weight is 800 g/mol. The summed E-state index contributed by atoms with van der Waals surface area (Å²) in [5.41, 5.74) is 12.9. The van der Waals surface area contributed by atoms with Crippen molar-refractivity contribution in [2.75, 3.05) is 4.90 Å². The van der Waals surface area contributed by atoms with Crippen molar-refractivity contribution in [3.05, 3.63) is 249 Å². The Balaban J connectivity index is 1.13. The zero-order valence-electron chi connectivity index (χ0n) is 34.6. The molecule has 12 aromatic carbocycles. The fraction of sp³-hybridized carbons (Fsp3) is 0. The van der Waals surface area contributed by atoms with E-state index in [0.29, 0.717) is 0 Å². The van der Waals surface area contributed by atoms with Crippen LogP contribution >= 0.6 is 0 Å². The summed E-state index contributed by atoms with van der Waals surface area (Å²) < 4.78 is 0. The van der Waals surface area contributed by atoms with E-state index in [1.165, 1.54) is 87.2 Å². The van der Waals surface area contributed by atoms with Gasteiger partial charge in [-0.3, -0.25) is 0 Å². The lowest BCUT2D eigenvalue weighted by Gasteiger charge is -2.30. The molecule has 0 aliphatic heterocycles. The Kier molecular flexibility index (Phi) is 8.90. The maximum atomic E-state index is 2.49. The molecule has 0 saturated carbocycles. The van der Waals surface area contributed by atoms with Crippen molar-refractivity contribution < 1.29 is 0 Å². The summed E-state index contributed by atoms with van der Waals surface area (Å²) in [5.74, 6) is 0. The van der Waals surface area contributed by atoms with Gasteiger partial charge in [-0.2, -0.15) is 0 Å². The lowest BCUT2D eigenvalue weighted by molar-refractivity contribution is 1.30. The number of benzene rings is 12. The van der Waals surface area contributed by atoms with Crippen LogP contribution in [-0.4, -0.2) is 0 Å². The van der Waals surface area contributed by atoms with Gasteiger partial charge in [-0.1, -0.05) is 212 Å². The van der Waals surface area contributed by atoms with Gasteiger partial charge in [-0.15, -0.1) is 0 Å². The van der Waals surface area contributed by atoms with Gasteiger partial charge in [0.05, 0.1) is 11.4 Å². The maximum Gasteiger partial charge on any atom is 0.0546 e. The molecule has 0 radical (unpaired) electrons. The summed E-state index contributed by atoms with van der Waals surface area (Å²) in [4.78, 5) is 2.49. The van der Waals surface area contributed by atoms with E-state index in [1.54, 1.807) is 0 Å². The molecule has 0 atom stereocenters. The third kappa shape index (κ3) is 6.33. The molecular formula is C62H41N. The topological polar surface area (TPSA) is 3.24 Å². The molecule has 0 bridgehead atoms. The van der Waals surface area contributed by atoms with E-state index in [1.807, 2.05) is 0 Å². The summed E-state index contributed by atoms with van der Waals surface area (Å²) in [6.07, 6.45) is 0. The number of anilines is 3. The van der Waals surface area contributed by atoms with Crippen LogP contribution in [0.2, 0.25) is 0 Å². The molecule has 0 unspecified atom stereocenters. The third-order valence-electron chi connectivity index (χ3n) is 12.8. The standard InChI is InChI=1S/C62H41N/c1-3-19-43(20-4-1)61-57-32-14-12-30-54(57)55-37-36-49(40-58(55)62(61)44-21-5-2-6-22-44)52-28-15-16-33-59(52)63(60-41-48-24-9-10-27-51(48)53-29-11-13-31-56(53)60)50-26-17-25-46(39-50)47-35-34-42-18-7-8-23-45(42)38-47/h1-41H. The van der Waals surface area contributed by atoms with E-state index in [9.17, 15) is 0 Å². The molecule has 12 rings (SSSR count). The molecule has 0 aliphatic rings. The molecule has 1 nitrogen and oxygen atoms in total. The van der Waals surface area contributed by atoms with Gasteiger partial charge in [0.25, 0.3) is 0 Å². The molecule has 0 saturated heterocycles. The Bertz CT molecular complexity index is 3680. The zero-order chi connectivity index (χ0) is 41.7. The minimum absolute atomic E-state index is 1.09. The molecule has 0 amide bonds. The Labute approximate surface area is 367 Å². The lowest BCUT2D eigenvalue weighted by atomic mass is 9.84. The van der Waals surface area contributed by atoms with Crippen LogP contribution in [0, 0.1) is 0 Å². The molecule has 63 heavy (non-hydrogen) atoms. The highest BCUT2D eigenvalue weighted by Gasteiger charge is 2.23. The van der Waals surface area contributed by atoms with Crippen molar-refractivity contribution in [1.29, 1.82) is 0 Å². The van der Waals surface area contributed by atoms with Gasteiger partial charge >= 0.3 is 0 Å². The quantitative estimate of drug-likeness (QED) is 0.145. The van der Waals surface area contributed by atoms with E-state index in [0.717, 1.165) is 28.2 Å². The second-order valence-corrected chi connectivity index (χ2v) is 16.4. The third-order valence-corrected chi connectivity index (χ3v) is 12.8. The van der Waals surface area contributed by atoms with Crippen LogP contribution in [0.5, 0.6) is 0 Å². The predicted octanol–water partition coefficient (Wildman–Crippen LogP) is 17.6. The van der Waals surface area contributed by atoms with Crippen molar-refractivity contribution >= 4 is 70.9 Å². The summed E-state index contributed by atoms with van der Waals surface area (Å²) in [7, 11) is 0. The lowest BCUT2D eigenvalue weighted by Crippen LogP contribution is -2.12. The fourth-order valence-corrected chi connectivity index (χ4v) is 9.90. The minimum Gasteiger partial charge on any atom is -0.309 e. The second kappa shape index (κ2) is 15.3. The van der Waals surface area contributed by atoms with E-state index in [4.69, 9.17) is 0 Å². The Morgan fingerprint density at radius 2 is 0.746 bits per heavy atom. The SMILES string of the molecule is c1ccc(-c2c(-c3ccccc3)c3cc(-c4ccccc4N(c4cccc(-c5ccc6ccccc6c5)c4)c4cc5ccccc5c5ccccc45)ccc3c3ccccc23)cc1.